The Morgan fingerprint density at radius 3 is 2.30 bits per heavy atom. The Balaban J connectivity index is 1.78. The van der Waals surface area contributed by atoms with Gasteiger partial charge in [0.05, 0.1) is 0 Å². The van der Waals surface area contributed by atoms with Crippen molar-refractivity contribution in [1.29, 1.82) is 0 Å². The van der Waals surface area contributed by atoms with Crippen LogP contribution in [0.15, 0.2) is 72.8 Å². The predicted octanol–water partition coefficient (Wildman–Crippen LogP) is 7.48. The number of benzene rings is 3. The van der Waals surface area contributed by atoms with Crippen molar-refractivity contribution in [2.75, 3.05) is 6.16 Å². The normalized spacial score (nSPS) is 14.7. The van der Waals surface area contributed by atoms with Gasteiger partial charge in [0, 0.05) is 22.6 Å². The van der Waals surface area contributed by atoms with Crippen molar-refractivity contribution in [2.24, 2.45) is 5.92 Å². The fraction of sp³-hybridized carbons (Fsp3) is 0.320. The summed E-state index contributed by atoms with van der Waals surface area (Å²) in [5.74, 6) is 0.471. The van der Waals surface area contributed by atoms with Crippen LogP contribution in [0.3, 0.4) is 0 Å². The van der Waals surface area contributed by atoms with Gasteiger partial charge in [-0.05, 0) is 29.2 Å². The van der Waals surface area contributed by atoms with Crippen molar-refractivity contribution in [3.8, 4) is 5.75 Å². The standard InChI is InChI=1S/C25H29O3PS/c1-19(24(30)27-17-20-11-6-5-7-12-20)18-29(26,25(2,3)4)28-23-16-10-14-21-13-8-9-15-22(21)23/h5-16,19H,17-18H2,1-4H3/t19-,29?/m1/s1. The zero-order valence-electron chi connectivity index (χ0n) is 18.0. The van der Waals surface area contributed by atoms with E-state index in [9.17, 15) is 4.57 Å². The smallest absolute Gasteiger partial charge is 0.253 e. The number of rotatable bonds is 7. The van der Waals surface area contributed by atoms with Crippen LogP contribution in [0.25, 0.3) is 10.8 Å². The molecule has 0 aliphatic carbocycles. The average molecular weight is 441 g/mol. The van der Waals surface area contributed by atoms with Crippen LogP contribution in [0.5, 0.6) is 5.75 Å². The van der Waals surface area contributed by atoms with Crippen molar-refractivity contribution >= 4 is 35.4 Å². The van der Waals surface area contributed by atoms with Gasteiger partial charge in [-0.1, -0.05) is 94.4 Å². The summed E-state index contributed by atoms with van der Waals surface area (Å²) in [6, 6.07) is 23.7. The lowest BCUT2D eigenvalue weighted by Crippen LogP contribution is -2.26. The van der Waals surface area contributed by atoms with Gasteiger partial charge < -0.3 is 9.26 Å². The minimum Gasteiger partial charge on any atom is -0.482 e. The first kappa shape index (κ1) is 22.5. The Kier molecular flexibility index (Phi) is 7.00. The number of ether oxygens (including phenoxy) is 1. The highest BCUT2D eigenvalue weighted by Gasteiger charge is 2.41. The van der Waals surface area contributed by atoms with Crippen molar-refractivity contribution in [2.45, 2.75) is 39.5 Å². The quantitative estimate of drug-likeness (QED) is 0.282. The van der Waals surface area contributed by atoms with Gasteiger partial charge >= 0.3 is 0 Å². The van der Waals surface area contributed by atoms with Gasteiger partial charge in [0.2, 0.25) is 0 Å². The second kappa shape index (κ2) is 9.32. The van der Waals surface area contributed by atoms with Gasteiger partial charge in [0.25, 0.3) is 7.37 Å². The highest BCUT2D eigenvalue weighted by atomic mass is 32.1. The van der Waals surface area contributed by atoms with Gasteiger partial charge in [-0.25, -0.2) is 0 Å². The average Bonchev–Trinajstić information content (AvgIpc) is 2.72. The molecule has 0 N–H and O–H groups in total. The van der Waals surface area contributed by atoms with Gasteiger partial charge in [0.1, 0.15) is 12.4 Å². The van der Waals surface area contributed by atoms with Crippen LogP contribution in [0.1, 0.15) is 33.3 Å². The Hall–Kier alpha value is -2.16. The summed E-state index contributed by atoms with van der Waals surface area (Å²) in [6.07, 6.45) is 0.327. The molecule has 0 fully saturated rings. The molecule has 158 valence electrons. The Morgan fingerprint density at radius 1 is 0.967 bits per heavy atom. The van der Waals surface area contributed by atoms with Crippen LogP contribution in [-0.2, 0) is 15.9 Å². The van der Waals surface area contributed by atoms with E-state index in [4.69, 9.17) is 21.5 Å². The number of hydrogen-bond acceptors (Lipinski definition) is 4. The van der Waals surface area contributed by atoms with Crippen LogP contribution >= 0.6 is 19.6 Å². The summed E-state index contributed by atoms with van der Waals surface area (Å²) in [6.45, 7) is 8.24. The van der Waals surface area contributed by atoms with E-state index in [1.54, 1.807) is 0 Å². The van der Waals surface area contributed by atoms with Crippen molar-refractivity contribution < 1.29 is 13.8 Å². The maximum Gasteiger partial charge on any atom is 0.253 e. The molecule has 0 radical (unpaired) electrons. The third-order valence-corrected chi connectivity index (χ3v) is 9.24. The summed E-state index contributed by atoms with van der Waals surface area (Å²) in [4.78, 5) is 0. The second-order valence-corrected chi connectivity index (χ2v) is 12.2. The van der Waals surface area contributed by atoms with Crippen LogP contribution in [0.2, 0.25) is 0 Å². The van der Waals surface area contributed by atoms with E-state index in [0.29, 0.717) is 23.6 Å². The Bertz CT molecular complexity index is 1050. The molecule has 0 aliphatic heterocycles. The molecule has 0 aliphatic rings. The Labute approximate surface area is 184 Å². The number of thiocarbonyl (C=S) groups is 1. The minimum absolute atomic E-state index is 0.177. The maximum atomic E-state index is 14.1. The van der Waals surface area contributed by atoms with E-state index >= 15 is 0 Å². The molecular formula is C25H29O3PS. The molecular weight excluding hydrogens is 411 g/mol. The van der Waals surface area contributed by atoms with Crippen LogP contribution < -0.4 is 4.52 Å². The molecule has 3 aromatic carbocycles. The molecule has 0 spiro atoms. The molecule has 1 unspecified atom stereocenters. The molecule has 30 heavy (non-hydrogen) atoms. The fourth-order valence-electron chi connectivity index (χ4n) is 3.19. The zero-order valence-corrected chi connectivity index (χ0v) is 19.7. The molecule has 0 amide bonds. The second-order valence-electron chi connectivity index (χ2n) is 8.59. The fourth-order valence-corrected chi connectivity index (χ4v) is 5.71. The highest BCUT2D eigenvalue weighted by Crippen LogP contribution is 2.60. The summed E-state index contributed by atoms with van der Waals surface area (Å²) in [5, 5.41) is 1.95. The summed E-state index contributed by atoms with van der Waals surface area (Å²) in [5.41, 5.74) is 1.05. The third kappa shape index (κ3) is 5.30. The van der Waals surface area contributed by atoms with E-state index in [-0.39, 0.29) is 5.92 Å². The Morgan fingerprint density at radius 2 is 1.60 bits per heavy atom. The van der Waals surface area contributed by atoms with Crippen molar-refractivity contribution in [1.82, 2.24) is 0 Å². The first-order valence-corrected chi connectivity index (χ1v) is 12.4. The van der Waals surface area contributed by atoms with E-state index in [0.717, 1.165) is 16.3 Å². The SMILES string of the molecule is C[C@H](CP(=O)(Oc1cccc2ccccc12)C(C)(C)C)C(=S)OCc1ccccc1. The summed E-state index contributed by atoms with van der Waals surface area (Å²) in [7, 11) is -3.10. The molecule has 2 atom stereocenters. The van der Waals surface area contributed by atoms with E-state index in [1.807, 2.05) is 100 Å². The van der Waals surface area contributed by atoms with Gasteiger partial charge in [-0.2, -0.15) is 0 Å². The molecule has 3 nitrogen and oxygen atoms in total. The molecule has 0 saturated heterocycles. The lowest BCUT2D eigenvalue weighted by Gasteiger charge is -2.33. The van der Waals surface area contributed by atoms with Gasteiger partial charge in [0.15, 0.2) is 5.05 Å². The molecule has 3 aromatic rings. The molecule has 0 aromatic heterocycles. The topological polar surface area (TPSA) is 35.5 Å². The lowest BCUT2D eigenvalue weighted by molar-refractivity contribution is 0.282. The molecule has 0 saturated carbocycles. The van der Waals surface area contributed by atoms with Gasteiger partial charge in [-0.3, -0.25) is 4.57 Å². The van der Waals surface area contributed by atoms with E-state index in [2.05, 4.69) is 0 Å². The molecule has 3 rings (SSSR count). The lowest BCUT2D eigenvalue weighted by atomic mass is 10.1. The molecule has 0 bridgehead atoms. The van der Waals surface area contributed by atoms with E-state index < -0.39 is 12.5 Å². The highest BCUT2D eigenvalue weighted by molar-refractivity contribution is 7.80. The minimum atomic E-state index is -3.10. The first-order chi connectivity index (χ1) is 14.2. The number of fused-ring (bicyclic) bond motifs is 1. The number of hydrogen-bond donors (Lipinski definition) is 0. The molecule has 5 heteroatoms. The zero-order chi connectivity index (χ0) is 21.8. The largest absolute Gasteiger partial charge is 0.482 e. The first-order valence-electron chi connectivity index (χ1n) is 10.2. The summed E-state index contributed by atoms with van der Waals surface area (Å²) >= 11 is 5.51. The molecule has 0 heterocycles. The van der Waals surface area contributed by atoms with E-state index in [1.165, 1.54) is 0 Å². The maximum absolute atomic E-state index is 14.1. The van der Waals surface area contributed by atoms with Crippen molar-refractivity contribution in [3.63, 3.8) is 0 Å². The van der Waals surface area contributed by atoms with Crippen molar-refractivity contribution in [3.05, 3.63) is 78.4 Å². The van der Waals surface area contributed by atoms with Crippen LogP contribution in [0, 0.1) is 5.92 Å². The van der Waals surface area contributed by atoms with Gasteiger partial charge in [-0.15, -0.1) is 0 Å². The third-order valence-electron chi connectivity index (χ3n) is 5.16. The monoisotopic (exact) mass is 440 g/mol. The summed E-state index contributed by atoms with van der Waals surface area (Å²) < 4.78 is 26.2. The predicted molar refractivity (Wildman–Crippen MR) is 130 cm³/mol. The van der Waals surface area contributed by atoms with Crippen LogP contribution in [-0.4, -0.2) is 16.4 Å². The van der Waals surface area contributed by atoms with Crippen LogP contribution in [0.4, 0.5) is 0 Å².